The minimum Gasteiger partial charge on any atom is -0.340 e. The van der Waals surface area contributed by atoms with Crippen molar-refractivity contribution in [3.05, 3.63) is 0 Å². The molecule has 3 aliphatic rings. The summed E-state index contributed by atoms with van der Waals surface area (Å²) in [6.07, 6.45) is 5.14. The van der Waals surface area contributed by atoms with Gasteiger partial charge >= 0.3 is 0 Å². The summed E-state index contributed by atoms with van der Waals surface area (Å²) >= 11 is 0. The number of hydrogen-bond donors (Lipinski definition) is 0. The Morgan fingerprint density at radius 3 is 2.43 bits per heavy atom. The summed E-state index contributed by atoms with van der Waals surface area (Å²) in [6.45, 7) is 7.45. The van der Waals surface area contributed by atoms with Crippen LogP contribution in [0.3, 0.4) is 0 Å². The monoisotopic (exact) mass is 293 g/mol. The van der Waals surface area contributed by atoms with Gasteiger partial charge in [-0.15, -0.1) is 0 Å². The maximum Gasteiger partial charge on any atom is 0.228 e. The molecule has 21 heavy (non-hydrogen) atoms. The van der Waals surface area contributed by atoms with Crippen LogP contribution in [0, 0.1) is 5.92 Å². The van der Waals surface area contributed by atoms with E-state index in [9.17, 15) is 9.59 Å². The molecule has 1 atom stereocenters. The Hall–Kier alpha value is -1.10. The van der Waals surface area contributed by atoms with Crippen molar-refractivity contribution in [1.29, 1.82) is 0 Å². The van der Waals surface area contributed by atoms with E-state index in [1.807, 2.05) is 9.80 Å². The summed E-state index contributed by atoms with van der Waals surface area (Å²) in [6, 6.07) is 0.409. The van der Waals surface area contributed by atoms with E-state index in [2.05, 4.69) is 11.8 Å². The molecule has 0 radical (unpaired) electrons. The second kappa shape index (κ2) is 6.34. The fraction of sp³-hybridized carbons (Fsp3) is 0.875. The van der Waals surface area contributed by atoms with E-state index in [-0.39, 0.29) is 17.7 Å². The molecule has 2 heterocycles. The third-order valence-corrected chi connectivity index (χ3v) is 5.40. The summed E-state index contributed by atoms with van der Waals surface area (Å²) in [5.41, 5.74) is 0. The molecule has 2 saturated heterocycles. The molecule has 118 valence electrons. The molecule has 1 aliphatic carbocycles. The van der Waals surface area contributed by atoms with E-state index in [1.54, 1.807) is 0 Å². The van der Waals surface area contributed by atoms with E-state index < -0.39 is 0 Å². The number of rotatable bonds is 3. The molecule has 0 aromatic rings. The molecule has 3 rings (SSSR count). The Morgan fingerprint density at radius 2 is 1.81 bits per heavy atom. The topological polar surface area (TPSA) is 43.9 Å². The largest absolute Gasteiger partial charge is 0.340 e. The van der Waals surface area contributed by atoms with Crippen LogP contribution >= 0.6 is 0 Å². The Balaban J connectivity index is 1.55. The second-order valence-electron chi connectivity index (χ2n) is 6.64. The first kappa shape index (κ1) is 14.8. The molecule has 5 heteroatoms. The normalized spacial score (nSPS) is 28.6. The van der Waals surface area contributed by atoms with Crippen molar-refractivity contribution in [1.82, 2.24) is 14.7 Å². The van der Waals surface area contributed by atoms with Crippen LogP contribution in [-0.4, -0.2) is 71.8 Å². The standard InChI is InChI=1S/C16H27N3O2/c1-2-17-7-9-18(10-8-17)16(21)13-11-15(20)19(12-13)14-5-3-4-6-14/h13-14H,2-12H2,1H3/t13-/m1/s1. The zero-order chi connectivity index (χ0) is 14.8. The molecule has 5 nitrogen and oxygen atoms in total. The van der Waals surface area contributed by atoms with Gasteiger partial charge in [-0.2, -0.15) is 0 Å². The number of piperazine rings is 1. The number of likely N-dealkylation sites (tertiary alicyclic amines) is 1. The molecule has 2 aliphatic heterocycles. The first-order valence-electron chi connectivity index (χ1n) is 8.49. The lowest BCUT2D eigenvalue weighted by atomic mass is 10.1. The van der Waals surface area contributed by atoms with E-state index in [0.717, 1.165) is 45.6 Å². The number of amides is 2. The third-order valence-electron chi connectivity index (χ3n) is 5.40. The number of carbonyl (C=O) groups is 2. The van der Waals surface area contributed by atoms with Gasteiger partial charge in [-0.25, -0.2) is 0 Å². The van der Waals surface area contributed by atoms with Gasteiger partial charge < -0.3 is 14.7 Å². The second-order valence-corrected chi connectivity index (χ2v) is 6.64. The summed E-state index contributed by atoms with van der Waals surface area (Å²) in [5.74, 6) is 0.318. The van der Waals surface area contributed by atoms with Crippen molar-refractivity contribution in [2.24, 2.45) is 5.92 Å². The summed E-state index contributed by atoms with van der Waals surface area (Å²) < 4.78 is 0. The van der Waals surface area contributed by atoms with Gasteiger partial charge in [0, 0.05) is 45.2 Å². The summed E-state index contributed by atoms with van der Waals surface area (Å²) in [4.78, 5) is 31.2. The molecule has 2 amide bonds. The zero-order valence-electron chi connectivity index (χ0n) is 13.1. The summed E-state index contributed by atoms with van der Waals surface area (Å²) in [5, 5.41) is 0. The number of likely N-dealkylation sites (N-methyl/N-ethyl adjacent to an activating group) is 1. The molecule has 3 fully saturated rings. The molecule has 0 aromatic carbocycles. The van der Waals surface area contributed by atoms with Crippen molar-refractivity contribution >= 4 is 11.8 Å². The van der Waals surface area contributed by atoms with Crippen LogP contribution in [0.4, 0.5) is 0 Å². The Kier molecular flexibility index (Phi) is 4.48. The average molecular weight is 293 g/mol. The van der Waals surface area contributed by atoms with Crippen molar-refractivity contribution in [2.75, 3.05) is 39.3 Å². The highest BCUT2D eigenvalue weighted by Crippen LogP contribution is 2.30. The van der Waals surface area contributed by atoms with E-state index in [0.29, 0.717) is 19.0 Å². The van der Waals surface area contributed by atoms with Crippen molar-refractivity contribution in [2.45, 2.75) is 45.1 Å². The first-order chi connectivity index (χ1) is 10.2. The predicted molar refractivity (Wildman–Crippen MR) is 80.8 cm³/mol. The van der Waals surface area contributed by atoms with Gasteiger partial charge in [0.05, 0.1) is 5.92 Å². The maximum atomic E-state index is 12.6. The van der Waals surface area contributed by atoms with E-state index in [4.69, 9.17) is 0 Å². The molecule has 0 bridgehead atoms. The minimum absolute atomic E-state index is 0.0914. The van der Waals surface area contributed by atoms with Crippen LogP contribution in [0.25, 0.3) is 0 Å². The first-order valence-corrected chi connectivity index (χ1v) is 8.49. The van der Waals surface area contributed by atoms with Crippen molar-refractivity contribution in [3.8, 4) is 0 Å². The maximum absolute atomic E-state index is 12.6. The average Bonchev–Trinajstić information content (AvgIpc) is 3.15. The third kappa shape index (κ3) is 3.07. The van der Waals surface area contributed by atoms with Gasteiger partial charge in [0.1, 0.15) is 0 Å². The van der Waals surface area contributed by atoms with Gasteiger partial charge in [-0.05, 0) is 19.4 Å². The molecule has 0 unspecified atom stereocenters. The highest BCUT2D eigenvalue weighted by molar-refractivity contribution is 5.89. The lowest BCUT2D eigenvalue weighted by Crippen LogP contribution is -2.50. The molecule has 0 N–H and O–H groups in total. The van der Waals surface area contributed by atoms with Gasteiger partial charge in [0.15, 0.2) is 0 Å². The molecule has 0 aromatic heterocycles. The van der Waals surface area contributed by atoms with E-state index >= 15 is 0 Å². The Morgan fingerprint density at radius 1 is 1.14 bits per heavy atom. The van der Waals surface area contributed by atoms with Gasteiger partial charge in [-0.1, -0.05) is 19.8 Å². The van der Waals surface area contributed by atoms with Gasteiger partial charge in [0.25, 0.3) is 0 Å². The van der Waals surface area contributed by atoms with Crippen LogP contribution in [0.1, 0.15) is 39.0 Å². The number of hydrogen-bond acceptors (Lipinski definition) is 3. The van der Waals surface area contributed by atoms with Gasteiger partial charge in [0.2, 0.25) is 11.8 Å². The molecular formula is C16H27N3O2. The Bertz CT molecular complexity index is 398. The van der Waals surface area contributed by atoms with Gasteiger partial charge in [-0.3, -0.25) is 9.59 Å². The number of carbonyl (C=O) groups excluding carboxylic acids is 2. The lowest BCUT2D eigenvalue weighted by Gasteiger charge is -2.35. The van der Waals surface area contributed by atoms with Crippen molar-refractivity contribution < 1.29 is 9.59 Å². The van der Waals surface area contributed by atoms with Crippen LogP contribution in [0.15, 0.2) is 0 Å². The van der Waals surface area contributed by atoms with Crippen LogP contribution < -0.4 is 0 Å². The Labute approximate surface area is 127 Å². The smallest absolute Gasteiger partial charge is 0.228 e. The lowest BCUT2D eigenvalue weighted by molar-refractivity contribution is -0.137. The van der Waals surface area contributed by atoms with Crippen molar-refractivity contribution in [3.63, 3.8) is 0 Å². The zero-order valence-corrected chi connectivity index (χ0v) is 13.1. The fourth-order valence-electron chi connectivity index (χ4n) is 4.01. The quantitative estimate of drug-likeness (QED) is 0.778. The summed E-state index contributed by atoms with van der Waals surface area (Å²) in [7, 11) is 0. The molecular weight excluding hydrogens is 266 g/mol. The highest BCUT2D eigenvalue weighted by Gasteiger charge is 2.40. The SMILES string of the molecule is CCN1CCN(C(=O)[C@@H]2CC(=O)N(C3CCCC3)C2)CC1. The van der Waals surface area contributed by atoms with Crippen LogP contribution in [0.2, 0.25) is 0 Å². The van der Waals surface area contributed by atoms with E-state index in [1.165, 1.54) is 12.8 Å². The fourth-order valence-corrected chi connectivity index (χ4v) is 4.01. The minimum atomic E-state index is -0.0914. The predicted octanol–water partition coefficient (Wildman–Crippen LogP) is 0.942. The highest BCUT2D eigenvalue weighted by atomic mass is 16.2. The van der Waals surface area contributed by atoms with Crippen LogP contribution in [0.5, 0.6) is 0 Å². The molecule has 1 saturated carbocycles. The molecule has 0 spiro atoms. The number of nitrogens with zero attached hydrogens (tertiary/aromatic N) is 3. The van der Waals surface area contributed by atoms with Crippen LogP contribution in [-0.2, 0) is 9.59 Å².